The number of alkyl halides is 4. The second-order valence-electron chi connectivity index (χ2n) is 1.24. The molecule has 0 bridgehead atoms. The Kier molecular flexibility index (Phi) is 13.7. The fraction of sp³-hybridized carbons (Fsp3) is 0.500. The van der Waals surface area contributed by atoms with E-state index in [1.807, 2.05) is 0 Å². The summed E-state index contributed by atoms with van der Waals surface area (Å²) in [7, 11) is 0. The van der Waals surface area contributed by atoms with Gasteiger partial charge in [0.05, 0.1) is 0 Å². The molecule has 0 fully saturated rings. The predicted octanol–water partition coefficient (Wildman–Crippen LogP) is -2.00. The van der Waals surface area contributed by atoms with E-state index in [0.717, 1.165) is 0 Å². The summed E-state index contributed by atoms with van der Waals surface area (Å²) < 4.78 is 42.0. The number of hydrogen-bond acceptors (Lipinski definition) is 4. The molecule has 0 rings (SSSR count). The third-order valence-electron chi connectivity index (χ3n) is 0.356. The SMILES string of the molecule is O=C([O-])C(F)F.O=C([O-])C(F)F.[Hg+2]. The molecule has 0 aromatic heterocycles. The number of carboxylic acids is 2. The van der Waals surface area contributed by atoms with Crippen LogP contribution in [0.3, 0.4) is 0 Å². The normalized spacial score (nSPS) is 8.46. The van der Waals surface area contributed by atoms with Gasteiger partial charge in [0.1, 0.15) is 11.9 Å². The molecule has 4 nitrogen and oxygen atoms in total. The van der Waals surface area contributed by atoms with Crippen molar-refractivity contribution in [2.75, 3.05) is 0 Å². The van der Waals surface area contributed by atoms with Gasteiger partial charge in [0.15, 0.2) is 0 Å². The molecule has 0 heterocycles. The van der Waals surface area contributed by atoms with E-state index in [-0.39, 0.29) is 27.7 Å². The molecule has 0 amide bonds. The van der Waals surface area contributed by atoms with E-state index >= 15 is 0 Å². The quantitative estimate of drug-likeness (QED) is 0.403. The van der Waals surface area contributed by atoms with Crippen LogP contribution in [0.1, 0.15) is 0 Å². The fourth-order valence-corrected chi connectivity index (χ4v) is 0. The van der Waals surface area contributed by atoms with Crippen LogP contribution in [0.2, 0.25) is 0 Å². The van der Waals surface area contributed by atoms with Crippen molar-refractivity contribution in [1.29, 1.82) is 0 Å². The first kappa shape index (κ1) is 18.4. The Morgan fingerprint density at radius 1 is 0.846 bits per heavy atom. The zero-order valence-electron chi connectivity index (χ0n) is 6.01. The summed E-state index contributed by atoms with van der Waals surface area (Å²) >= 11 is 0. The number of hydrogen-bond donors (Lipinski definition) is 0. The number of carbonyl (C=O) groups is 2. The van der Waals surface area contributed by atoms with Gasteiger partial charge >= 0.3 is 27.7 Å². The second-order valence-corrected chi connectivity index (χ2v) is 1.24. The summed E-state index contributed by atoms with van der Waals surface area (Å²) in [5.74, 6) is -4.65. The summed E-state index contributed by atoms with van der Waals surface area (Å²) in [6.45, 7) is 0. The van der Waals surface area contributed by atoms with Crippen LogP contribution in [0.25, 0.3) is 0 Å². The molecule has 0 aromatic carbocycles. The standard InChI is InChI=1S/2C2H2F2O2.Hg/c2*3-1(4)2(5)6;/h2*1H,(H,5,6);/q;;+2/p-2. The van der Waals surface area contributed by atoms with Crippen LogP contribution in [0, 0.1) is 0 Å². The minimum absolute atomic E-state index is 0. The van der Waals surface area contributed by atoms with Crippen molar-refractivity contribution >= 4 is 11.9 Å². The van der Waals surface area contributed by atoms with Gasteiger partial charge in [0.25, 0.3) is 12.9 Å². The van der Waals surface area contributed by atoms with Crippen LogP contribution < -0.4 is 10.2 Å². The maximum atomic E-state index is 10.5. The smallest absolute Gasteiger partial charge is 0.544 e. The maximum Gasteiger partial charge on any atom is 2.00 e. The van der Waals surface area contributed by atoms with E-state index in [4.69, 9.17) is 19.8 Å². The van der Waals surface area contributed by atoms with Crippen LogP contribution in [0.5, 0.6) is 0 Å². The zero-order valence-corrected chi connectivity index (χ0v) is 11.5. The van der Waals surface area contributed by atoms with Crippen molar-refractivity contribution in [3.8, 4) is 0 Å². The molecule has 0 radical (unpaired) electrons. The van der Waals surface area contributed by atoms with Crippen molar-refractivity contribution < 1.29 is 65.0 Å². The van der Waals surface area contributed by atoms with Gasteiger partial charge in [-0.05, 0) is 0 Å². The van der Waals surface area contributed by atoms with Crippen LogP contribution in [0.4, 0.5) is 17.6 Å². The third kappa shape index (κ3) is 18.5. The molecule has 13 heavy (non-hydrogen) atoms. The largest absolute Gasteiger partial charge is 2.00 e. The molecule has 0 aliphatic rings. The average molecular weight is 391 g/mol. The van der Waals surface area contributed by atoms with Gasteiger partial charge < -0.3 is 19.8 Å². The first-order valence-electron chi connectivity index (χ1n) is 2.27. The van der Waals surface area contributed by atoms with Gasteiger partial charge in [0, 0.05) is 0 Å². The minimum atomic E-state index is -3.34. The molecule has 9 heteroatoms. The van der Waals surface area contributed by atoms with E-state index < -0.39 is 24.8 Å². The Morgan fingerprint density at radius 3 is 0.923 bits per heavy atom. The summed E-state index contributed by atoms with van der Waals surface area (Å²) in [4.78, 5) is 17.7. The van der Waals surface area contributed by atoms with Gasteiger partial charge in [-0.3, -0.25) is 0 Å². The van der Waals surface area contributed by atoms with E-state index in [2.05, 4.69) is 0 Å². The molecule has 0 unspecified atom stereocenters. The van der Waals surface area contributed by atoms with Crippen LogP contribution >= 0.6 is 0 Å². The molecule has 0 N–H and O–H groups in total. The van der Waals surface area contributed by atoms with Crippen molar-refractivity contribution in [3.05, 3.63) is 0 Å². The van der Waals surface area contributed by atoms with Crippen molar-refractivity contribution in [3.63, 3.8) is 0 Å². The van der Waals surface area contributed by atoms with Crippen molar-refractivity contribution in [2.45, 2.75) is 12.9 Å². The number of carboxylic acid groups (broad SMARTS) is 2. The van der Waals surface area contributed by atoms with Crippen molar-refractivity contribution in [1.82, 2.24) is 0 Å². The third-order valence-corrected chi connectivity index (χ3v) is 0.356. The van der Waals surface area contributed by atoms with Gasteiger partial charge in [-0.2, -0.15) is 0 Å². The molecular formula is C4H2F4HgO4. The average Bonchev–Trinajstić information content (AvgIpc) is 1.88. The summed E-state index contributed by atoms with van der Waals surface area (Å²) in [5, 5.41) is 17.7. The van der Waals surface area contributed by atoms with Gasteiger partial charge in [-0.1, -0.05) is 0 Å². The first-order valence-corrected chi connectivity index (χ1v) is 2.27. The summed E-state index contributed by atoms with van der Waals surface area (Å²) in [5.41, 5.74) is 0. The Hall–Kier alpha value is -0.405. The molecule has 0 saturated heterocycles. The second kappa shape index (κ2) is 9.68. The number of rotatable bonds is 2. The van der Waals surface area contributed by atoms with E-state index in [1.165, 1.54) is 0 Å². The molecule has 0 saturated carbocycles. The topological polar surface area (TPSA) is 80.3 Å². The number of carbonyl (C=O) groups excluding carboxylic acids is 2. The fourth-order valence-electron chi connectivity index (χ4n) is 0. The van der Waals surface area contributed by atoms with E-state index in [0.29, 0.717) is 0 Å². The van der Waals surface area contributed by atoms with Crippen LogP contribution in [-0.2, 0) is 37.3 Å². The molecule has 0 aliphatic heterocycles. The molecule has 0 spiro atoms. The Morgan fingerprint density at radius 2 is 0.923 bits per heavy atom. The Bertz CT molecular complexity index is 144. The van der Waals surface area contributed by atoms with Gasteiger partial charge in [-0.25, -0.2) is 17.6 Å². The first-order chi connectivity index (χ1) is 5.29. The van der Waals surface area contributed by atoms with E-state index in [9.17, 15) is 17.6 Å². The monoisotopic (exact) mass is 392 g/mol. The molecular weight excluding hydrogens is 389 g/mol. The van der Waals surface area contributed by atoms with Crippen molar-refractivity contribution in [2.24, 2.45) is 0 Å². The molecule has 0 atom stereocenters. The molecule has 72 valence electrons. The summed E-state index contributed by atoms with van der Waals surface area (Å²) in [6, 6.07) is 0. The maximum absolute atomic E-state index is 10.5. The Balaban J connectivity index is -0.000000143. The minimum Gasteiger partial charge on any atom is -0.544 e. The molecule has 0 aliphatic carbocycles. The van der Waals surface area contributed by atoms with Crippen LogP contribution in [0.15, 0.2) is 0 Å². The van der Waals surface area contributed by atoms with Crippen LogP contribution in [-0.4, -0.2) is 24.8 Å². The summed E-state index contributed by atoms with van der Waals surface area (Å²) in [6.07, 6.45) is -6.69. The zero-order chi connectivity index (χ0) is 10.3. The van der Waals surface area contributed by atoms with E-state index in [1.54, 1.807) is 0 Å². The van der Waals surface area contributed by atoms with Gasteiger partial charge in [-0.15, -0.1) is 0 Å². The predicted molar refractivity (Wildman–Crippen MR) is 22.0 cm³/mol. The number of aliphatic carboxylic acids is 2. The number of halogens is 4. The Labute approximate surface area is 90.0 Å². The van der Waals surface area contributed by atoms with Gasteiger partial charge in [0.2, 0.25) is 0 Å². The molecule has 0 aromatic rings.